The highest BCUT2D eigenvalue weighted by molar-refractivity contribution is 8.00. The number of amides is 1. The van der Waals surface area contributed by atoms with Crippen LogP contribution in [0.3, 0.4) is 0 Å². The summed E-state index contributed by atoms with van der Waals surface area (Å²) in [7, 11) is 0. The molecule has 1 N–H and O–H groups in total. The summed E-state index contributed by atoms with van der Waals surface area (Å²) in [5, 5.41) is 2.96. The Morgan fingerprint density at radius 3 is 2.74 bits per heavy atom. The minimum absolute atomic E-state index is 0.0287. The van der Waals surface area contributed by atoms with Gasteiger partial charge in [0.2, 0.25) is 5.91 Å². The van der Waals surface area contributed by atoms with Crippen molar-refractivity contribution in [3.8, 4) is 0 Å². The number of carbonyl (C=O) groups is 1. The third-order valence-electron chi connectivity index (χ3n) is 4.18. The molecule has 1 aliphatic rings. The lowest BCUT2D eigenvalue weighted by atomic mass is 9.88. The summed E-state index contributed by atoms with van der Waals surface area (Å²) in [4.78, 5) is 13.4. The molecule has 120 valence electrons. The SMILES string of the molecule is C[C@H](Sc1ccc(F)cc1)C(=O)N[C@@H]1CCCc2ccccc21. The van der Waals surface area contributed by atoms with Crippen molar-refractivity contribution in [2.45, 2.75) is 42.4 Å². The number of aryl methyl sites for hydroxylation is 1. The molecule has 0 heterocycles. The molecule has 0 saturated heterocycles. The van der Waals surface area contributed by atoms with Crippen LogP contribution in [0.25, 0.3) is 0 Å². The molecule has 0 radical (unpaired) electrons. The lowest BCUT2D eigenvalue weighted by molar-refractivity contribution is -0.121. The summed E-state index contributed by atoms with van der Waals surface area (Å²) in [6.45, 7) is 1.89. The zero-order valence-electron chi connectivity index (χ0n) is 13.1. The smallest absolute Gasteiger partial charge is 0.233 e. The summed E-state index contributed by atoms with van der Waals surface area (Å²) >= 11 is 1.45. The van der Waals surface area contributed by atoms with Crippen LogP contribution in [-0.2, 0) is 11.2 Å². The molecular formula is C19H20FNOS. The van der Waals surface area contributed by atoms with Gasteiger partial charge in [-0.1, -0.05) is 24.3 Å². The topological polar surface area (TPSA) is 29.1 Å². The molecule has 0 saturated carbocycles. The first-order chi connectivity index (χ1) is 11.1. The molecule has 0 fully saturated rings. The van der Waals surface area contributed by atoms with Crippen LogP contribution in [0.15, 0.2) is 53.4 Å². The maximum Gasteiger partial charge on any atom is 0.233 e. The Labute approximate surface area is 140 Å². The first-order valence-electron chi connectivity index (χ1n) is 7.94. The maximum atomic E-state index is 12.9. The van der Waals surface area contributed by atoms with Gasteiger partial charge in [0.05, 0.1) is 11.3 Å². The molecule has 2 atom stereocenters. The minimum Gasteiger partial charge on any atom is -0.348 e. The van der Waals surface area contributed by atoms with Gasteiger partial charge in [-0.2, -0.15) is 0 Å². The molecular weight excluding hydrogens is 309 g/mol. The second kappa shape index (κ2) is 7.18. The van der Waals surface area contributed by atoms with Gasteiger partial charge in [-0.3, -0.25) is 4.79 Å². The highest BCUT2D eigenvalue weighted by atomic mass is 32.2. The molecule has 2 aromatic carbocycles. The molecule has 0 aromatic heterocycles. The Kier molecular flexibility index (Phi) is 5.01. The molecule has 0 unspecified atom stereocenters. The number of hydrogen-bond acceptors (Lipinski definition) is 2. The van der Waals surface area contributed by atoms with E-state index in [-0.39, 0.29) is 23.0 Å². The van der Waals surface area contributed by atoms with Crippen molar-refractivity contribution in [3.63, 3.8) is 0 Å². The van der Waals surface area contributed by atoms with Crippen molar-refractivity contribution in [2.75, 3.05) is 0 Å². The molecule has 2 aromatic rings. The summed E-state index contributed by atoms with van der Waals surface area (Å²) in [6.07, 6.45) is 3.17. The monoisotopic (exact) mass is 329 g/mol. The van der Waals surface area contributed by atoms with Gasteiger partial charge in [0.15, 0.2) is 0 Å². The molecule has 0 spiro atoms. The average Bonchev–Trinajstić information content (AvgIpc) is 2.57. The Hall–Kier alpha value is -1.81. The quantitative estimate of drug-likeness (QED) is 0.837. The fraction of sp³-hybridized carbons (Fsp3) is 0.316. The van der Waals surface area contributed by atoms with Gasteiger partial charge in [-0.15, -0.1) is 11.8 Å². The fourth-order valence-corrected chi connectivity index (χ4v) is 3.84. The average molecular weight is 329 g/mol. The van der Waals surface area contributed by atoms with Gasteiger partial charge in [0.25, 0.3) is 0 Å². The second-order valence-electron chi connectivity index (χ2n) is 5.87. The van der Waals surface area contributed by atoms with E-state index in [0.717, 1.165) is 24.2 Å². The third-order valence-corrected chi connectivity index (χ3v) is 5.29. The standard InChI is InChI=1S/C19H20FNOS/c1-13(23-16-11-9-15(20)10-12-16)19(22)21-18-8-4-6-14-5-2-3-7-17(14)18/h2-3,5,7,9-13,18H,4,6,8H2,1H3,(H,21,22)/t13-,18+/m0/s1. The van der Waals surface area contributed by atoms with Crippen molar-refractivity contribution in [3.05, 3.63) is 65.5 Å². The third kappa shape index (κ3) is 3.94. The summed E-state index contributed by atoms with van der Waals surface area (Å²) in [5.41, 5.74) is 2.58. The molecule has 0 aliphatic heterocycles. The van der Waals surface area contributed by atoms with E-state index in [4.69, 9.17) is 0 Å². The van der Waals surface area contributed by atoms with E-state index in [1.54, 1.807) is 12.1 Å². The largest absolute Gasteiger partial charge is 0.348 e. The Balaban J connectivity index is 1.64. The van der Waals surface area contributed by atoms with Crippen LogP contribution < -0.4 is 5.32 Å². The first-order valence-corrected chi connectivity index (χ1v) is 8.82. The number of benzene rings is 2. The van der Waals surface area contributed by atoms with Gasteiger partial charge in [-0.25, -0.2) is 4.39 Å². The van der Waals surface area contributed by atoms with Crippen LogP contribution in [0.2, 0.25) is 0 Å². The Morgan fingerprint density at radius 1 is 1.22 bits per heavy atom. The van der Waals surface area contributed by atoms with E-state index in [0.29, 0.717) is 0 Å². The number of rotatable bonds is 4. The van der Waals surface area contributed by atoms with Crippen molar-refractivity contribution in [1.82, 2.24) is 5.32 Å². The number of nitrogens with one attached hydrogen (secondary N) is 1. The fourth-order valence-electron chi connectivity index (χ4n) is 2.96. The minimum atomic E-state index is -0.259. The molecule has 23 heavy (non-hydrogen) atoms. The van der Waals surface area contributed by atoms with Gasteiger partial charge in [0, 0.05) is 4.90 Å². The zero-order valence-corrected chi connectivity index (χ0v) is 13.9. The number of hydrogen-bond donors (Lipinski definition) is 1. The predicted octanol–water partition coefficient (Wildman–Crippen LogP) is 4.50. The van der Waals surface area contributed by atoms with Crippen molar-refractivity contribution in [2.24, 2.45) is 0 Å². The van der Waals surface area contributed by atoms with Crippen LogP contribution in [0.4, 0.5) is 4.39 Å². The molecule has 1 amide bonds. The first kappa shape index (κ1) is 16.1. The van der Waals surface area contributed by atoms with Crippen molar-refractivity contribution >= 4 is 17.7 Å². The predicted molar refractivity (Wildman–Crippen MR) is 92.0 cm³/mol. The van der Waals surface area contributed by atoms with E-state index < -0.39 is 0 Å². The summed E-state index contributed by atoms with van der Waals surface area (Å²) in [6, 6.07) is 14.7. The Bertz CT molecular complexity index is 686. The van der Waals surface area contributed by atoms with E-state index in [1.807, 2.05) is 13.0 Å². The van der Waals surface area contributed by atoms with Crippen LogP contribution >= 0.6 is 11.8 Å². The van der Waals surface area contributed by atoms with Crippen LogP contribution in [-0.4, -0.2) is 11.2 Å². The van der Waals surface area contributed by atoms with E-state index in [1.165, 1.54) is 35.0 Å². The van der Waals surface area contributed by atoms with E-state index >= 15 is 0 Å². The van der Waals surface area contributed by atoms with Gasteiger partial charge in [0.1, 0.15) is 5.82 Å². The highest BCUT2D eigenvalue weighted by Crippen LogP contribution is 2.30. The molecule has 2 nitrogen and oxygen atoms in total. The lowest BCUT2D eigenvalue weighted by Gasteiger charge is -2.27. The zero-order chi connectivity index (χ0) is 16.2. The molecule has 0 bridgehead atoms. The van der Waals surface area contributed by atoms with Gasteiger partial charge < -0.3 is 5.32 Å². The highest BCUT2D eigenvalue weighted by Gasteiger charge is 2.23. The van der Waals surface area contributed by atoms with E-state index in [9.17, 15) is 9.18 Å². The van der Waals surface area contributed by atoms with Gasteiger partial charge in [-0.05, 0) is 61.6 Å². The van der Waals surface area contributed by atoms with Crippen molar-refractivity contribution < 1.29 is 9.18 Å². The van der Waals surface area contributed by atoms with Crippen molar-refractivity contribution in [1.29, 1.82) is 0 Å². The van der Waals surface area contributed by atoms with Crippen LogP contribution in [0.5, 0.6) is 0 Å². The van der Waals surface area contributed by atoms with Crippen LogP contribution in [0, 0.1) is 5.82 Å². The van der Waals surface area contributed by atoms with Gasteiger partial charge >= 0.3 is 0 Å². The van der Waals surface area contributed by atoms with Crippen LogP contribution in [0.1, 0.15) is 36.9 Å². The number of fused-ring (bicyclic) bond motifs is 1. The molecule has 1 aliphatic carbocycles. The maximum absolute atomic E-state index is 12.9. The lowest BCUT2D eigenvalue weighted by Crippen LogP contribution is -2.35. The summed E-state index contributed by atoms with van der Waals surface area (Å²) in [5.74, 6) is -0.230. The number of halogens is 1. The normalized spacial score (nSPS) is 18.1. The molecule has 4 heteroatoms. The van der Waals surface area contributed by atoms with E-state index in [2.05, 4.69) is 23.5 Å². The second-order valence-corrected chi connectivity index (χ2v) is 7.28. The number of carbonyl (C=O) groups excluding carboxylic acids is 1. The summed E-state index contributed by atoms with van der Waals surface area (Å²) < 4.78 is 12.9. The number of thioether (sulfide) groups is 1. The Morgan fingerprint density at radius 2 is 1.96 bits per heavy atom. The molecule has 3 rings (SSSR count).